The highest BCUT2D eigenvalue weighted by molar-refractivity contribution is 5.79. The van der Waals surface area contributed by atoms with E-state index in [4.69, 9.17) is 13.9 Å². The highest BCUT2D eigenvalue weighted by Gasteiger charge is 2.12. The van der Waals surface area contributed by atoms with Crippen LogP contribution in [0.1, 0.15) is 49.3 Å². The number of rotatable bonds is 8. The van der Waals surface area contributed by atoms with Crippen LogP contribution in [-0.2, 0) is 0 Å². The molecule has 4 heteroatoms. The molecule has 0 aliphatic rings. The molecular formula is C24H28O4. The molecule has 0 aliphatic carbocycles. The fourth-order valence-electron chi connectivity index (χ4n) is 3.20. The van der Waals surface area contributed by atoms with Crippen LogP contribution in [0.4, 0.5) is 0 Å². The van der Waals surface area contributed by atoms with Gasteiger partial charge in [-0.1, -0.05) is 32.3 Å². The predicted octanol–water partition coefficient (Wildman–Crippen LogP) is 6.47. The number of unbranched alkanes of at least 4 members (excludes halogenated alkanes) is 3. The average Bonchev–Trinajstić information content (AvgIpc) is 2.67. The van der Waals surface area contributed by atoms with Crippen LogP contribution < -0.4 is 14.9 Å². The van der Waals surface area contributed by atoms with Crippen molar-refractivity contribution in [1.82, 2.24) is 0 Å². The second-order valence-corrected chi connectivity index (χ2v) is 7.30. The molecule has 0 N–H and O–H groups in total. The molecule has 0 amide bonds. The summed E-state index contributed by atoms with van der Waals surface area (Å²) < 4.78 is 17.4. The van der Waals surface area contributed by atoms with Gasteiger partial charge in [0.15, 0.2) is 0 Å². The lowest BCUT2D eigenvalue weighted by atomic mass is 10.1. The number of hydrogen-bond donors (Lipinski definition) is 0. The Morgan fingerprint density at radius 2 is 1.79 bits per heavy atom. The number of benzene rings is 2. The molecule has 4 nitrogen and oxygen atoms in total. The van der Waals surface area contributed by atoms with Crippen molar-refractivity contribution in [2.45, 2.75) is 53.4 Å². The molecule has 0 bridgehead atoms. The van der Waals surface area contributed by atoms with Gasteiger partial charge in [-0.25, -0.2) is 0 Å². The van der Waals surface area contributed by atoms with E-state index >= 15 is 0 Å². The van der Waals surface area contributed by atoms with Crippen molar-refractivity contribution in [3.63, 3.8) is 0 Å². The topological polar surface area (TPSA) is 48.7 Å². The van der Waals surface area contributed by atoms with Crippen molar-refractivity contribution < 1.29 is 13.9 Å². The normalized spacial score (nSPS) is 11.0. The molecule has 0 atom stereocenters. The quantitative estimate of drug-likeness (QED) is 0.420. The van der Waals surface area contributed by atoms with Crippen molar-refractivity contribution in [3.05, 3.63) is 63.5 Å². The Balaban J connectivity index is 1.80. The maximum Gasteiger partial charge on any atom is 0.235 e. The molecule has 2 aromatic carbocycles. The Kier molecular flexibility index (Phi) is 6.40. The maximum atomic E-state index is 12.8. The van der Waals surface area contributed by atoms with Crippen molar-refractivity contribution in [2.24, 2.45) is 0 Å². The van der Waals surface area contributed by atoms with Gasteiger partial charge in [-0.05, 0) is 62.1 Å². The van der Waals surface area contributed by atoms with Crippen LogP contribution in [0.15, 0.2) is 45.8 Å². The minimum Gasteiger partial charge on any atom is -0.493 e. The van der Waals surface area contributed by atoms with E-state index in [2.05, 4.69) is 13.0 Å². The van der Waals surface area contributed by atoms with E-state index in [1.54, 1.807) is 12.1 Å². The summed E-state index contributed by atoms with van der Waals surface area (Å²) in [5, 5.41) is 0.484. The Labute approximate surface area is 166 Å². The second kappa shape index (κ2) is 8.96. The lowest BCUT2D eigenvalue weighted by Gasteiger charge is -2.12. The Morgan fingerprint density at radius 1 is 0.964 bits per heavy atom. The third-order valence-corrected chi connectivity index (χ3v) is 4.97. The molecule has 0 saturated heterocycles. The summed E-state index contributed by atoms with van der Waals surface area (Å²) in [4.78, 5) is 12.8. The molecule has 1 aromatic heterocycles. The highest BCUT2D eigenvalue weighted by Crippen LogP contribution is 2.28. The Bertz CT molecular complexity index is 1020. The zero-order chi connectivity index (χ0) is 20.1. The molecule has 3 rings (SSSR count). The largest absolute Gasteiger partial charge is 0.493 e. The second-order valence-electron chi connectivity index (χ2n) is 7.30. The van der Waals surface area contributed by atoms with Crippen molar-refractivity contribution in [1.29, 1.82) is 0 Å². The van der Waals surface area contributed by atoms with Gasteiger partial charge in [0.25, 0.3) is 0 Å². The summed E-state index contributed by atoms with van der Waals surface area (Å²) in [6, 6.07) is 9.34. The van der Waals surface area contributed by atoms with E-state index in [1.165, 1.54) is 19.1 Å². The van der Waals surface area contributed by atoms with Crippen molar-refractivity contribution in [2.75, 3.05) is 6.61 Å². The van der Waals surface area contributed by atoms with Gasteiger partial charge in [0.1, 0.15) is 23.3 Å². The molecule has 3 aromatic rings. The van der Waals surface area contributed by atoms with Gasteiger partial charge in [-0.15, -0.1) is 0 Å². The van der Waals surface area contributed by atoms with Crippen LogP contribution >= 0.6 is 0 Å². The number of hydrogen-bond acceptors (Lipinski definition) is 4. The summed E-state index contributed by atoms with van der Waals surface area (Å²) in [5.41, 5.74) is 3.54. The molecule has 148 valence electrons. The molecule has 1 heterocycles. The Hall–Kier alpha value is -2.75. The molecule has 0 aliphatic heterocycles. The average molecular weight is 380 g/mol. The molecule has 0 fully saturated rings. The van der Waals surface area contributed by atoms with E-state index in [1.807, 2.05) is 32.9 Å². The fraction of sp³-hybridized carbons (Fsp3) is 0.375. The lowest BCUT2D eigenvalue weighted by molar-refractivity contribution is 0.305. The van der Waals surface area contributed by atoms with E-state index in [0.29, 0.717) is 29.1 Å². The highest BCUT2D eigenvalue weighted by atomic mass is 16.5. The van der Waals surface area contributed by atoms with Gasteiger partial charge in [0, 0.05) is 6.07 Å². The van der Waals surface area contributed by atoms with E-state index in [-0.39, 0.29) is 11.2 Å². The first kappa shape index (κ1) is 20.0. The number of ether oxygens (including phenoxy) is 2. The van der Waals surface area contributed by atoms with Crippen LogP contribution in [0, 0.1) is 20.8 Å². The molecule has 0 radical (unpaired) electrons. The van der Waals surface area contributed by atoms with E-state index < -0.39 is 0 Å². The maximum absolute atomic E-state index is 12.8. The Morgan fingerprint density at radius 3 is 2.57 bits per heavy atom. The van der Waals surface area contributed by atoms with Gasteiger partial charge in [0.2, 0.25) is 11.2 Å². The minimum atomic E-state index is -0.186. The third kappa shape index (κ3) is 4.56. The predicted molar refractivity (Wildman–Crippen MR) is 113 cm³/mol. The fourth-order valence-corrected chi connectivity index (χ4v) is 3.20. The van der Waals surface area contributed by atoms with Gasteiger partial charge in [-0.3, -0.25) is 4.79 Å². The van der Waals surface area contributed by atoms with Crippen LogP contribution in [0.25, 0.3) is 11.0 Å². The molecular weight excluding hydrogens is 352 g/mol. The van der Waals surface area contributed by atoms with Crippen LogP contribution in [0.5, 0.6) is 17.2 Å². The summed E-state index contributed by atoms with van der Waals surface area (Å²) in [7, 11) is 0. The summed E-state index contributed by atoms with van der Waals surface area (Å²) >= 11 is 0. The van der Waals surface area contributed by atoms with Gasteiger partial charge in [-0.2, -0.15) is 0 Å². The molecule has 0 spiro atoms. The first-order chi connectivity index (χ1) is 13.5. The van der Waals surface area contributed by atoms with E-state index in [0.717, 1.165) is 29.5 Å². The molecule has 0 unspecified atom stereocenters. The summed E-state index contributed by atoms with van der Waals surface area (Å²) in [6.07, 6.45) is 5.99. The molecule has 0 saturated carbocycles. The summed E-state index contributed by atoms with van der Waals surface area (Å²) in [5.74, 6) is 1.58. The first-order valence-corrected chi connectivity index (χ1v) is 9.93. The van der Waals surface area contributed by atoms with Crippen LogP contribution in [-0.4, -0.2) is 6.61 Å². The first-order valence-electron chi connectivity index (χ1n) is 9.93. The van der Waals surface area contributed by atoms with Crippen LogP contribution in [0.2, 0.25) is 0 Å². The van der Waals surface area contributed by atoms with Gasteiger partial charge in [0.05, 0.1) is 12.0 Å². The van der Waals surface area contributed by atoms with Crippen LogP contribution in [0.3, 0.4) is 0 Å². The zero-order valence-electron chi connectivity index (χ0n) is 17.1. The monoisotopic (exact) mass is 380 g/mol. The van der Waals surface area contributed by atoms with Crippen molar-refractivity contribution in [3.8, 4) is 17.2 Å². The smallest absolute Gasteiger partial charge is 0.235 e. The summed E-state index contributed by atoms with van der Waals surface area (Å²) in [6.45, 7) is 8.87. The van der Waals surface area contributed by atoms with E-state index in [9.17, 15) is 4.79 Å². The third-order valence-electron chi connectivity index (χ3n) is 4.97. The number of fused-ring (bicyclic) bond motifs is 1. The van der Waals surface area contributed by atoms with Crippen molar-refractivity contribution >= 4 is 11.0 Å². The zero-order valence-corrected chi connectivity index (χ0v) is 17.1. The lowest BCUT2D eigenvalue weighted by Crippen LogP contribution is -2.06. The SMILES string of the molecule is CCCCCCOc1ccc2c(=O)c(Oc3cc(C)cc(C)c3C)coc2c1. The minimum absolute atomic E-state index is 0.186. The molecule has 28 heavy (non-hydrogen) atoms. The number of aryl methyl sites for hydroxylation is 2. The van der Waals surface area contributed by atoms with Gasteiger partial charge >= 0.3 is 0 Å². The van der Waals surface area contributed by atoms with Gasteiger partial charge < -0.3 is 13.9 Å². The standard InChI is InChI=1S/C24H28O4/c1-5-6-7-8-11-26-19-9-10-20-22(14-19)27-15-23(24(20)25)28-21-13-16(2)12-17(3)18(21)4/h9-10,12-15H,5-8,11H2,1-4H3.